The molecule has 1 aromatic heterocycles. The van der Waals surface area contributed by atoms with Crippen molar-refractivity contribution in [2.24, 2.45) is 5.73 Å². The zero-order valence-electron chi connectivity index (χ0n) is 9.37. The maximum absolute atomic E-state index is 12.1. The third-order valence-corrected chi connectivity index (χ3v) is 2.94. The van der Waals surface area contributed by atoms with E-state index in [-0.39, 0.29) is 11.8 Å². The van der Waals surface area contributed by atoms with E-state index < -0.39 is 6.17 Å². The molecule has 0 radical (unpaired) electrons. The van der Waals surface area contributed by atoms with Gasteiger partial charge in [-0.2, -0.15) is 4.98 Å². The van der Waals surface area contributed by atoms with E-state index in [0.29, 0.717) is 27.3 Å². The molecule has 1 atom stereocenters. The first-order chi connectivity index (χ1) is 8.59. The van der Waals surface area contributed by atoms with Gasteiger partial charge in [0.05, 0.1) is 16.0 Å². The lowest BCUT2D eigenvalue weighted by atomic mass is 9.98. The highest BCUT2D eigenvalue weighted by Crippen LogP contribution is 2.42. The quantitative estimate of drug-likeness (QED) is 0.585. The van der Waals surface area contributed by atoms with Crippen LogP contribution in [0.15, 0.2) is 24.3 Å². The van der Waals surface area contributed by atoms with Crippen LogP contribution in [0.3, 0.4) is 0 Å². The lowest BCUT2D eigenvalue weighted by Gasteiger charge is -2.17. The molecular formula is C11H11N6O+. The molecule has 0 spiro atoms. The Bertz CT molecular complexity index is 669. The number of benzene rings is 1. The number of anilines is 2. The van der Waals surface area contributed by atoms with E-state index in [1.807, 2.05) is 6.07 Å². The largest absolute Gasteiger partial charge is 0.383 e. The summed E-state index contributed by atoms with van der Waals surface area (Å²) < 4.78 is 0.702. The molecule has 1 unspecified atom stereocenters. The second-order valence-electron chi connectivity index (χ2n) is 4.02. The molecule has 6 N–H and O–H groups in total. The first kappa shape index (κ1) is 10.6. The molecule has 7 nitrogen and oxygen atoms in total. The van der Waals surface area contributed by atoms with Gasteiger partial charge in [0.2, 0.25) is 5.95 Å². The molecule has 0 aliphatic carbocycles. The Morgan fingerprint density at radius 3 is 2.67 bits per heavy atom. The predicted molar refractivity (Wildman–Crippen MR) is 66.5 cm³/mol. The Kier molecular flexibility index (Phi) is 2.05. The summed E-state index contributed by atoms with van der Waals surface area (Å²) in [6, 6.07) is 7.02. The molecule has 1 aliphatic heterocycles. The number of fused-ring (bicyclic) bond motifs is 3. The topological polar surface area (TPSA) is 124 Å². The lowest BCUT2D eigenvalue weighted by Crippen LogP contribution is -2.27. The van der Waals surface area contributed by atoms with Crippen LogP contribution in [-0.2, 0) is 0 Å². The average molecular weight is 243 g/mol. The molecule has 0 bridgehead atoms. The molecule has 3 rings (SSSR count). The number of nitroso groups, excluding NO2 is 1. The maximum Gasteiger partial charge on any atom is 0.290 e. The van der Waals surface area contributed by atoms with Gasteiger partial charge in [-0.3, -0.25) is 5.73 Å². The molecule has 0 fully saturated rings. The maximum atomic E-state index is 12.1. The molecule has 0 amide bonds. The van der Waals surface area contributed by atoms with Crippen molar-refractivity contribution < 1.29 is 4.76 Å². The summed E-state index contributed by atoms with van der Waals surface area (Å²) in [5, 5.41) is 0. The number of hydrogen-bond donors (Lipinski definition) is 3. The van der Waals surface area contributed by atoms with Crippen LogP contribution in [0.4, 0.5) is 17.5 Å². The van der Waals surface area contributed by atoms with Crippen molar-refractivity contribution in [2.75, 3.05) is 11.5 Å². The van der Waals surface area contributed by atoms with Crippen molar-refractivity contribution in [3.05, 3.63) is 34.7 Å². The zero-order valence-corrected chi connectivity index (χ0v) is 9.37. The number of hydrogen-bond acceptors (Lipinski definition) is 6. The lowest BCUT2D eigenvalue weighted by molar-refractivity contribution is -0.512. The van der Waals surface area contributed by atoms with E-state index in [0.717, 1.165) is 0 Å². The molecule has 7 heteroatoms. The molecule has 18 heavy (non-hydrogen) atoms. The molecule has 2 heterocycles. The summed E-state index contributed by atoms with van der Waals surface area (Å²) in [4.78, 5) is 20.1. The first-order valence-electron chi connectivity index (χ1n) is 5.34. The van der Waals surface area contributed by atoms with Crippen molar-refractivity contribution in [3.63, 3.8) is 0 Å². The fourth-order valence-corrected chi connectivity index (χ4v) is 2.13. The van der Waals surface area contributed by atoms with Gasteiger partial charge in [0.1, 0.15) is 11.4 Å². The van der Waals surface area contributed by atoms with E-state index in [4.69, 9.17) is 17.2 Å². The van der Waals surface area contributed by atoms with Crippen LogP contribution in [0.2, 0.25) is 0 Å². The molecule has 90 valence electrons. The van der Waals surface area contributed by atoms with Gasteiger partial charge in [0.25, 0.3) is 11.9 Å². The van der Waals surface area contributed by atoms with Crippen LogP contribution < -0.4 is 17.2 Å². The van der Waals surface area contributed by atoms with Crippen molar-refractivity contribution in [1.29, 1.82) is 0 Å². The highest BCUT2D eigenvalue weighted by atomic mass is 16.3. The van der Waals surface area contributed by atoms with Crippen LogP contribution in [0.25, 0.3) is 11.3 Å². The van der Waals surface area contributed by atoms with Gasteiger partial charge in [-0.25, -0.2) is 4.98 Å². The monoisotopic (exact) mass is 243 g/mol. The van der Waals surface area contributed by atoms with E-state index in [1.165, 1.54) is 0 Å². The summed E-state index contributed by atoms with van der Waals surface area (Å²) in [6.07, 6.45) is -0.921. The van der Waals surface area contributed by atoms with Crippen molar-refractivity contribution in [2.45, 2.75) is 6.17 Å². The number of para-hydroxylation sites is 1. The minimum Gasteiger partial charge on any atom is -0.383 e. The minimum absolute atomic E-state index is 0.0626. The Labute approximate surface area is 102 Å². The SMILES string of the molecule is Nc1nc(N)c2c(n1)-c1ccccc1[N+](=O)C2N. The molecule has 1 aromatic carbocycles. The first-order valence-corrected chi connectivity index (χ1v) is 5.34. The Morgan fingerprint density at radius 2 is 1.89 bits per heavy atom. The van der Waals surface area contributed by atoms with Crippen LogP contribution in [0.5, 0.6) is 0 Å². The van der Waals surface area contributed by atoms with Gasteiger partial charge in [-0.05, 0) is 6.07 Å². The summed E-state index contributed by atoms with van der Waals surface area (Å²) in [7, 11) is 0. The standard InChI is InChI=1S/C11H11N6O/c12-9-7-8(15-11(14)16-9)5-3-1-2-4-6(5)17(18)10(7)13/h1-4,10H,13H2,(H4,12,14,15,16)/q+1. The number of nitrogen functional groups attached to an aromatic ring is 2. The summed E-state index contributed by atoms with van der Waals surface area (Å²) in [6.45, 7) is 0. The van der Waals surface area contributed by atoms with Gasteiger partial charge < -0.3 is 11.5 Å². The van der Waals surface area contributed by atoms with E-state index in [2.05, 4.69) is 9.97 Å². The second kappa shape index (κ2) is 3.47. The third-order valence-electron chi connectivity index (χ3n) is 2.94. The van der Waals surface area contributed by atoms with E-state index in [9.17, 15) is 4.91 Å². The fraction of sp³-hybridized carbons (Fsp3) is 0.0909. The average Bonchev–Trinajstić information content (AvgIpc) is 2.35. The van der Waals surface area contributed by atoms with Crippen molar-refractivity contribution in [1.82, 2.24) is 9.97 Å². The number of nitrogens with two attached hydrogens (primary N) is 3. The molecule has 0 saturated carbocycles. The van der Waals surface area contributed by atoms with Crippen molar-refractivity contribution in [3.8, 4) is 11.3 Å². The molecule has 0 saturated heterocycles. The summed E-state index contributed by atoms with van der Waals surface area (Å²) in [5.41, 5.74) is 19.3. The highest BCUT2D eigenvalue weighted by molar-refractivity contribution is 5.78. The summed E-state index contributed by atoms with van der Waals surface area (Å²) >= 11 is 0. The van der Waals surface area contributed by atoms with Gasteiger partial charge in [0, 0.05) is 11.0 Å². The fourth-order valence-electron chi connectivity index (χ4n) is 2.13. The van der Waals surface area contributed by atoms with Gasteiger partial charge in [-0.1, -0.05) is 12.1 Å². The second-order valence-corrected chi connectivity index (χ2v) is 4.02. The Morgan fingerprint density at radius 1 is 1.17 bits per heavy atom. The predicted octanol–water partition coefficient (Wildman–Crippen LogP) is 0.689. The van der Waals surface area contributed by atoms with Gasteiger partial charge >= 0.3 is 0 Å². The van der Waals surface area contributed by atoms with Crippen molar-refractivity contribution >= 4 is 17.5 Å². The number of rotatable bonds is 0. The molecule has 2 aromatic rings. The Balaban J connectivity index is 2.41. The number of aromatic nitrogens is 2. The van der Waals surface area contributed by atoms with Gasteiger partial charge in [-0.15, -0.1) is 0 Å². The smallest absolute Gasteiger partial charge is 0.290 e. The van der Waals surface area contributed by atoms with Crippen LogP contribution >= 0.6 is 0 Å². The number of nitrogens with zero attached hydrogens (tertiary/aromatic N) is 3. The zero-order chi connectivity index (χ0) is 12.9. The highest BCUT2D eigenvalue weighted by Gasteiger charge is 2.39. The normalized spacial score (nSPS) is 17.2. The van der Waals surface area contributed by atoms with Crippen LogP contribution in [-0.4, -0.2) is 14.7 Å². The third kappa shape index (κ3) is 1.28. The van der Waals surface area contributed by atoms with E-state index >= 15 is 0 Å². The molecule has 1 aliphatic rings. The minimum atomic E-state index is -0.921. The van der Waals surface area contributed by atoms with Gasteiger partial charge in [0.15, 0.2) is 0 Å². The molecular weight excluding hydrogens is 232 g/mol. The summed E-state index contributed by atoms with van der Waals surface area (Å²) in [5.74, 6) is 0.202. The van der Waals surface area contributed by atoms with Crippen LogP contribution in [0, 0.1) is 4.91 Å². The Hall–Kier alpha value is -2.54. The van der Waals surface area contributed by atoms with E-state index in [1.54, 1.807) is 18.2 Å². The van der Waals surface area contributed by atoms with Crippen LogP contribution in [0.1, 0.15) is 11.7 Å².